The Bertz CT molecular complexity index is 564. The predicted octanol–water partition coefficient (Wildman–Crippen LogP) is 2.01. The molecule has 1 unspecified atom stereocenters. The van der Waals surface area contributed by atoms with Gasteiger partial charge in [0.25, 0.3) is 0 Å². The smallest absolute Gasteiger partial charge is 0.305 e. The molecule has 1 amide bonds. The van der Waals surface area contributed by atoms with Crippen LogP contribution in [0.1, 0.15) is 31.5 Å². The molecule has 0 aliphatic heterocycles. The van der Waals surface area contributed by atoms with Gasteiger partial charge in [-0.2, -0.15) is 5.10 Å². The minimum absolute atomic E-state index is 0.0298. The summed E-state index contributed by atoms with van der Waals surface area (Å²) in [4.78, 5) is 22.7. The topological polar surface area (TPSA) is 84.2 Å². The summed E-state index contributed by atoms with van der Waals surface area (Å²) in [5, 5.41) is 16.1. The first-order chi connectivity index (χ1) is 9.72. The molecule has 0 bridgehead atoms. The summed E-state index contributed by atoms with van der Waals surface area (Å²) in [6.45, 7) is 5.52. The summed E-state index contributed by atoms with van der Waals surface area (Å²) >= 11 is 6.06. The van der Waals surface area contributed by atoms with E-state index in [0.717, 1.165) is 5.69 Å². The molecule has 2 N–H and O–H groups in total. The van der Waals surface area contributed by atoms with E-state index in [1.54, 1.807) is 20.0 Å². The molecule has 0 radical (unpaired) electrons. The summed E-state index contributed by atoms with van der Waals surface area (Å²) in [6, 6.07) is -0.412. The molecule has 0 aliphatic carbocycles. The van der Waals surface area contributed by atoms with Crippen molar-refractivity contribution >= 4 is 29.6 Å². The molecule has 1 heterocycles. The van der Waals surface area contributed by atoms with Gasteiger partial charge >= 0.3 is 5.97 Å². The Morgan fingerprint density at radius 2 is 2.10 bits per heavy atom. The van der Waals surface area contributed by atoms with Crippen LogP contribution in [-0.2, 0) is 16.6 Å². The van der Waals surface area contributed by atoms with Crippen LogP contribution in [0.15, 0.2) is 6.08 Å². The molecule has 0 saturated carbocycles. The second-order valence-electron chi connectivity index (χ2n) is 5.20. The average molecular weight is 314 g/mol. The van der Waals surface area contributed by atoms with Crippen LogP contribution in [0.3, 0.4) is 0 Å². The fourth-order valence-corrected chi connectivity index (χ4v) is 2.10. The summed E-state index contributed by atoms with van der Waals surface area (Å²) in [7, 11) is 1.72. The van der Waals surface area contributed by atoms with Crippen molar-refractivity contribution in [2.45, 2.75) is 33.2 Å². The van der Waals surface area contributed by atoms with Crippen LogP contribution in [0.5, 0.6) is 0 Å². The summed E-state index contributed by atoms with van der Waals surface area (Å²) in [6.07, 6.45) is 2.81. The zero-order valence-corrected chi connectivity index (χ0v) is 13.3. The second kappa shape index (κ2) is 7.26. The maximum atomic E-state index is 11.9. The molecule has 0 fully saturated rings. The first-order valence-corrected chi connectivity index (χ1v) is 6.99. The van der Waals surface area contributed by atoms with Gasteiger partial charge in [0.15, 0.2) is 0 Å². The minimum Gasteiger partial charge on any atom is -0.481 e. The van der Waals surface area contributed by atoms with Crippen LogP contribution in [0.2, 0.25) is 5.15 Å². The molecule has 0 aliphatic rings. The number of carboxylic acid groups (broad SMARTS) is 1. The number of carboxylic acids is 1. The molecule has 1 aromatic heterocycles. The van der Waals surface area contributed by atoms with Crippen LogP contribution in [0.25, 0.3) is 6.08 Å². The fourth-order valence-electron chi connectivity index (χ4n) is 1.87. The largest absolute Gasteiger partial charge is 0.481 e. The van der Waals surface area contributed by atoms with Crippen LogP contribution in [0.4, 0.5) is 0 Å². The maximum absolute atomic E-state index is 11.9. The number of carbonyl (C=O) groups excluding carboxylic acids is 1. The molecule has 1 aromatic rings. The Morgan fingerprint density at radius 3 is 2.52 bits per heavy atom. The van der Waals surface area contributed by atoms with Gasteiger partial charge in [-0.05, 0) is 18.9 Å². The van der Waals surface area contributed by atoms with E-state index >= 15 is 0 Å². The number of hydrogen-bond donors (Lipinski definition) is 2. The van der Waals surface area contributed by atoms with E-state index in [0.29, 0.717) is 10.7 Å². The molecule has 116 valence electrons. The van der Waals surface area contributed by atoms with Gasteiger partial charge in [0, 0.05) is 24.7 Å². The zero-order chi connectivity index (χ0) is 16.2. The van der Waals surface area contributed by atoms with Crippen LogP contribution < -0.4 is 5.32 Å². The first-order valence-electron chi connectivity index (χ1n) is 6.61. The highest BCUT2D eigenvalue weighted by Crippen LogP contribution is 2.19. The lowest BCUT2D eigenvalue weighted by molar-refractivity contribution is -0.138. The monoisotopic (exact) mass is 313 g/mol. The van der Waals surface area contributed by atoms with E-state index in [1.807, 2.05) is 13.8 Å². The molecular formula is C14H20ClN3O3. The highest BCUT2D eigenvalue weighted by atomic mass is 35.5. The molecule has 0 aromatic carbocycles. The normalized spacial score (nSPS) is 12.9. The molecule has 1 rings (SSSR count). The lowest BCUT2D eigenvalue weighted by atomic mass is 10.0. The van der Waals surface area contributed by atoms with E-state index in [4.69, 9.17) is 16.7 Å². The predicted molar refractivity (Wildman–Crippen MR) is 81.0 cm³/mol. The van der Waals surface area contributed by atoms with Gasteiger partial charge in [0.05, 0.1) is 12.1 Å². The van der Waals surface area contributed by atoms with Crippen molar-refractivity contribution in [2.24, 2.45) is 13.0 Å². The Labute approximate surface area is 128 Å². The van der Waals surface area contributed by atoms with Gasteiger partial charge in [-0.3, -0.25) is 14.3 Å². The van der Waals surface area contributed by atoms with E-state index in [2.05, 4.69) is 10.4 Å². The highest BCUT2D eigenvalue weighted by molar-refractivity contribution is 6.31. The number of aliphatic carboxylic acids is 1. The molecule has 7 heteroatoms. The number of nitrogens with zero attached hydrogens (tertiary/aromatic N) is 2. The number of carbonyl (C=O) groups is 2. The standard InChI is InChI=1S/C14H20ClN3O3/c1-8(2)11(7-13(20)21)16-12(19)6-5-10-9(3)17-18(4)14(10)15/h5-6,8,11H,7H2,1-4H3,(H,16,19)(H,20,21)/b6-5+. The quantitative estimate of drug-likeness (QED) is 0.787. The first kappa shape index (κ1) is 17.2. The minimum atomic E-state index is -0.941. The number of nitrogens with one attached hydrogen (secondary N) is 1. The summed E-state index contributed by atoms with van der Waals surface area (Å²) in [5.74, 6) is -1.26. The second-order valence-corrected chi connectivity index (χ2v) is 5.56. The van der Waals surface area contributed by atoms with Crippen molar-refractivity contribution in [3.05, 3.63) is 22.5 Å². The van der Waals surface area contributed by atoms with E-state index in [1.165, 1.54) is 10.8 Å². The Kier molecular flexibility index (Phi) is 5.96. The highest BCUT2D eigenvalue weighted by Gasteiger charge is 2.18. The molecule has 1 atom stereocenters. The zero-order valence-electron chi connectivity index (χ0n) is 12.6. The fraction of sp³-hybridized carbons (Fsp3) is 0.500. The third-order valence-corrected chi connectivity index (χ3v) is 3.57. The van der Waals surface area contributed by atoms with Gasteiger partial charge in [-0.15, -0.1) is 0 Å². The van der Waals surface area contributed by atoms with Gasteiger partial charge < -0.3 is 10.4 Å². The van der Waals surface area contributed by atoms with Crippen molar-refractivity contribution in [1.29, 1.82) is 0 Å². The molecule has 0 saturated heterocycles. The third-order valence-electron chi connectivity index (χ3n) is 3.12. The summed E-state index contributed by atoms with van der Waals surface area (Å²) < 4.78 is 1.52. The lowest BCUT2D eigenvalue weighted by Crippen LogP contribution is -2.39. The van der Waals surface area contributed by atoms with E-state index in [9.17, 15) is 9.59 Å². The number of hydrogen-bond acceptors (Lipinski definition) is 3. The number of aryl methyl sites for hydroxylation is 2. The van der Waals surface area contributed by atoms with Crippen molar-refractivity contribution in [2.75, 3.05) is 0 Å². The van der Waals surface area contributed by atoms with Gasteiger partial charge in [-0.25, -0.2) is 0 Å². The lowest BCUT2D eigenvalue weighted by Gasteiger charge is -2.19. The molecule has 0 spiro atoms. The average Bonchev–Trinajstić information content (AvgIpc) is 2.60. The van der Waals surface area contributed by atoms with Crippen molar-refractivity contribution in [3.63, 3.8) is 0 Å². The Hall–Kier alpha value is -1.82. The molecule has 21 heavy (non-hydrogen) atoms. The van der Waals surface area contributed by atoms with Crippen molar-refractivity contribution < 1.29 is 14.7 Å². The number of amides is 1. The van der Waals surface area contributed by atoms with Crippen LogP contribution >= 0.6 is 11.6 Å². The van der Waals surface area contributed by atoms with Gasteiger partial charge in [0.2, 0.25) is 5.91 Å². The SMILES string of the molecule is Cc1nn(C)c(Cl)c1/C=C/C(=O)NC(CC(=O)O)C(C)C. The van der Waals surface area contributed by atoms with E-state index < -0.39 is 12.0 Å². The number of rotatable bonds is 6. The van der Waals surface area contributed by atoms with Crippen molar-refractivity contribution in [3.8, 4) is 0 Å². The Balaban J connectivity index is 2.76. The van der Waals surface area contributed by atoms with Crippen LogP contribution in [-0.4, -0.2) is 32.8 Å². The molecular weight excluding hydrogens is 294 g/mol. The van der Waals surface area contributed by atoms with Gasteiger partial charge in [-0.1, -0.05) is 25.4 Å². The van der Waals surface area contributed by atoms with Gasteiger partial charge in [0.1, 0.15) is 5.15 Å². The maximum Gasteiger partial charge on any atom is 0.305 e. The van der Waals surface area contributed by atoms with Crippen molar-refractivity contribution in [1.82, 2.24) is 15.1 Å². The van der Waals surface area contributed by atoms with Crippen LogP contribution in [0, 0.1) is 12.8 Å². The number of aromatic nitrogens is 2. The summed E-state index contributed by atoms with van der Waals surface area (Å²) in [5.41, 5.74) is 1.39. The van der Waals surface area contributed by atoms with E-state index in [-0.39, 0.29) is 18.2 Å². The Morgan fingerprint density at radius 1 is 1.48 bits per heavy atom. The molecule has 6 nitrogen and oxygen atoms in total. The third kappa shape index (κ3) is 4.90. The number of halogens is 1.